The van der Waals surface area contributed by atoms with Crippen molar-refractivity contribution in [1.82, 2.24) is 14.1 Å². The van der Waals surface area contributed by atoms with Crippen molar-refractivity contribution in [2.75, 3.05) is 0 Å². The first-order valence-corrected chi connectivity index (χ1v) is 19.7. The molecule has 1 aliphatic heterocycles. The largest absolute Gasteiger partial charge is 1.00 e. The van der Waals surface area contributed by atoms with Crippen LogP contribution in [0.15, 0.2) is 231 Å². The van der Waals surface area contributed by atoms with E-state index in [1.807, 2.05) is 12.1 Å². The zero-order valence-corrected chi connectivity index (χ0v) is 34.2. The van der Waals surface area contributed by atoms with Crippen LogP contribution in [0.25, 0.3) is 66.3 Å². The van der Waals surface area contributed by atoms with Crippen molar-refractivity contribution in [3.05, 3.63) is 231 Å². The molecule has 0 aliphatic carbocycles. The van der Waals surface area contributed by atoms with Crippen LogP contribution in [0.2, 0.25) is 0 Å². The molecule has 3 nitrogen and oxygen atoms in total. The van der Waals surface area contributed by atoms with E-state index in [0.29, 0.717) is 0 Å². The van der Waals surface area contributed by atoms with E-state index in [2.05, 4.69) is 239 Å². The molecule has 10 aromatic rings. The van der Waals surface area contributed by atoms with Crippen LogP contribution in [0.5, 0.6) is 0 Å². The summed E-state index contributed by atoms with van der Waals surface area (Å²) in [5, 5.41) is 2.50. The van der Waals surface area contributed by atoms with Gasteiger partial charge in [-0.15, -0.1) is 11.0 Å². The fourth-order valence-electron chi connectivity index (χ4n) is 8.09. The molecule has 0 N–H and O–H groups in total. The third-order valence-corrected chi connectivity index (χ3v) is 10.8. The van der Waals surface area contributed by atoms with Crippen molar-refractivity contribution in [3.63, 3.8) is 0 Å². The fourth-order valence-corrected chi connectivity index (χ4v) is 8.09. The van der Waals surface area contributed by atoms with E-state index in [1.54, 1.807) is 0 Å². The van der Waals surface area contributed by atoms with Crippen LogP contribution in [0.1, 0.15) is 0 Å². The van der Waals surface area contributed by atoms with Crippen molar-refractivity contribution in [1.29, 1.82) is 0 Å². The standard InChI is InChI=1S/C43H30N2.C12H8N.Au/c1-5-17-32(18-6-1)36-25-15-26-37(33-19-7-2-8-20-33)42(36)44-31-45(41-30-14-13-29-40(41)44)43-38(34-21-9-3-10-22-34)27-16-28-39(43)35-23-11-4-12-24-35;1-3-7-11-9(5-1)10-6-2-4-8-12(10)13-11;/h1-30H;1-8H;/q+2;-1;+1. The first-order valence-electron chi connectivity index (χ1n) is 19.7. The molecule has 9 aromatic carbocycles. The van der Waals surface area contributed by atoms with Crippen LogP contribution in [-0.4, -0.2) is 6.01 Å². The summed E-state index contributed by atoms with van der Waals surface area (Å²) in [5.74, 6) is 0. The van der Waals surface area contributed by atoms with Gasteiger partial charge in [-0.2, -0.15) is 0 Å². The van der Waals surface area contributed by atoms with Crippen LogP contribution in [-0.2, 0) is 22.4 Å². The summed E-state index contributed by atoms with van der Waals surface area (Å²) in [4.78, 5) is 4.52. The Kier molecular flexibility index (Phi) is 10.7. The maximum absolute atomic E-state index is 4.52. The van der Waals surface area contributed by atoms with Crippen LogP contribution in [0.4, 0.5) is 22.7 Å². The summed E-state index contributed by atoms with van der Waals surface area (Å²) in [6, 6.07) is 84.8. The Morgan fingerprint density at radius 1 is 0.288 bits per heavy atom. The molecule has 4 heteroatoms. The van der Waals surface area contributed by atoms with Crippen molar-refractivity contribution >= 4 is 50.6 Å². The predicted molar refractivity (Wildman–Crippen MR) is 244 cm³/mol. The molecule has 11 rings (SSSR count). The molecule has 0 fully saturated rings. The monoisotopic (exact) mass is 937 g/mol. The average molecular weight is 938 g/mol. The second kappa shape index (κ2) is 16.8. The normalized spacial score (nSPS) is 11.5. The van der Waals surface area contributed by atoms with E-state index in [-0.39, 0.29) is 22.4 Å². The van der Waals surface area contributed by atoms with Crippen LogP contribution in [0, 0.1) is 0 Å². The Bertz CT molecular complexity index is 2810. The van der Waals surface area contributed by atoms with Gasteiger partial charge in [0, 0.05) is 12.1 Å². The molecule has 0 spiro atoms. The first-order chi connectivity index (χ1) is 28.8. The topological polar surface area (TPSA) is 20.1 Å². The molecule has 2 heterocycles. The molecule has 0 bridgehead atoms. The number of fused-ring (bicyclic) bond motifs is 4. The molecule has 1 aliphatic rings. The van der Waals surface area contributed by atoms with E-state index in [4.69, 9.17) is 0 Å². The summed E-state index contributed by atoms with van der Waals surface area (Å²) in [6.45, 7) is 0. The molecule has 1 aromatic heterocycles. The minimum Gasteiger partial charge on any atom is -0.657 e. The molecule has 59 heavy (non-hydrogen) atoms. The van der Waals surface area contributed by atoms with Gasteiger partial charge in [-0.3, -0.25) is 0 Å². The van der Waals surface area contributed by atoms with E-state index < -0.39 is 0 Å². The molecule has 0 atom stereocenters. The Morgan fingerprint density at radius 3 is 0.915 bits per heavy atom. The van der Waals surface area contributed by atoms with Gasteiger partial charge in [-0.25, -0.2) is 0 Å². The molecular weight excluding hydrogens is 900 g/mol. The van der Waals surface area contributed by atoms with Gasteiger partial charge >= 0.3 is 28.4 Å². The van der Waals surface area contributed by atoms with Gasteiger partial charge < -0.3 is 4.98 Å². The van der Waals surface area contributed by atoms with Gasteiger partial charge in [0.15, 0.2) is 0 Å². The van der Waals surface area contributed by atoms with Crippen molar-refractivity contribution in [2.24, 2.45) is 0 Å². The van der Waals surface area contributed by atoms with Crippen molar-refractivity contribution in [3.8, 4) is 44.5 Å². The van der Waals surface area contributed by atoms with E-state index in [9.17, 15) is 0 Å². The van der Waals surface area contributed by atoms with E-state index >= 15 is 0 Å². The molecule has 0 saturated carbocycles. The number of aromatic nitrogens is 1. The van der Waals surface area contributed by atoms with E-state index in [1.165, 1.54) is 10.8 Å². The van der Waals surface area contributed by atoms with Crippen molar-refractivity contribution < 1.29 is 22.4 Å². The second-order valence-corrected chi connectivity index (χ2v) is 14.3. The van der Waals surface area contributed by atoms with Crippen LogP contribution in [0.3, 0.4) is 0 Å². The predicted octanol–water partition coefficient (Wildman–Crippen LogP) is 14.2. The van der Waals surface area contributed by atoms with Crippen LogP contribution < -0.4 is 14.1 Å². The zero-order valence-electron chi connectivity index (χ0n) is 32.1. The van der Waals surface area contributed by atoms with Crippen molar-refractivity contribution in [2.45, 2.75) is 0 Å². The number of para-hydroxylation sites is 6. The Morgan fingerprint density at radius 2 is 0.576 bits per heavy atom. The Labute approximate surface area is 360 Å². The first kappa shape index (κ1) is 37.5. The minimum atomic E-state index is 0. The maximum Gasteiger partial charge on any atom is 1.00 e. The molecule has 0 radical (unpaired) electrons. The Balaban J connectivity index is 0.000000271. The molecule has 0 amide bonds. The smallest absolute Gasteiger partial charge is 0.657 e. The van der Waals surface area contributed by atoms with Crippen LogP contribution >= 0.6 is 0 Å². The second-order valence-electron chi connectivity index (χ2n) is 14.3. The van der Waals surface area contributed by atoms with Gasteiger partial charge in [-0.1, -0.05) is 194 Å². The molecule has 0 unspecified atom stereocenters. The zero-order chi connectivity index (χ0) is 38.7. The number of rotatable bonds is 6. The molecule has 0 saturated heterocycles. The third kappa shape index (κ3) is 7.21. The van der Waals surface area contributed by atoms with Gasteiger partial charge in [0.2, 0.25) is 11.4 Å². The molecule has 282 valence electrons. The summed E-state index contributed by atoms with van der Waals surface area (Å²) in [6.07, 6.45) is 0. The maximum atomic E-state index is 4.52. The number of hydrogen-bond acceptors (Lipinski definition) is 0. The average Bonchev–Trinajstić information content (AvgIpc) is 3.89. The Hall–Kier alpha value is -7.10. The van der Waals surface area contributed by atoms with Gasteiger partial charge in [-0.05, 0) is 66.4 Å². The van der Waals surface area contributed by atoms with Gasteiger partial charge in [0.1, 0.15) is 0 Å². The summed E-state index contributed by atoms with van der Waals surface area (Å²) >= 11 is 0. The number of benzene rings is 9. The number of hydrogen-bond donors (Lipinski definition) is 0. The summed E-state index contributed by atoms with van der Waals surface area (Å²) in [5.41, 5.74) is 15.8. The van der Waals surface area contributed by atoms with E-state index in [0.717, 1.165) is 78.3 Å². The quantitative estimate of drug-likeness (QED) is 0.120. The summed E-state index contributed by atoms with van der Waals surface area (Å²) < 4.78 is 4.52. The number of nitrogens with zero attached hydrogens (tertiary/aromatic N) is 3. The SMILES string of the molecule is C1=[N+](c2c(-c3ccccc3)cccc2-c2ccccc2)c2ccccc2[N+]=1c1c(-c2ccccc2)cccc1-c1ccccc1.[Au+].c1ccc2c(c1)[n-]c1ccccc12. The minimum absolute atomic E-state index is 0. The molecular formula is C55H38AuN3+2. The van der Waals surface area contributed by atoms with Gasteiger partial charge in [0.05, 0.1) is 22.3 Å². The fraction of sp³-hybridized carbons (Fsp3) is 0. The third-order valence-electron chi connectivity index (χ3n) is 10.8. The summed E-state index contributed by atoms with van der Waals surface area (Å²) in [7, 11) is 0. The van der Waals surface area contributed by atoms with Gasteiger partial charge in [0.25, 0.3) is 11.4 Å².